The molecular weight excluding hydrogens is 246 g/mol. The van der Waals surface area contributed by atoms with Crippen molar-refractivity contribution in [3.63, 3.8) is 0 Å². The van der Waals surface area contributed by atoms with Crippen molar-refractivity contribution < 1.29 is 14.3 Å². The lowest BCUT2D eigenvalue weighted by Gasteiger charge is -2.35. The van der Waals surface area contributed by atoms with Gasteiger partial charge in [-0.2, -0.15) is 0 Å². The van der Waals surface area contributed by atoms with Gasteiger partial charge >= 0.3 is 5.97 Å². The fourth-order valence-electron chi connectivity index (χ4n) is 2.09. The van der Waals surface area contributed by atoms with Crippen LogP contribution in [-0.4, -0.2) is 41.8 Å². The molecule has 0 bridgehead atoms. The Hall–Kier alpha value is -1.69. The molecule has 0 radical (unpaired) electrons. The molecule has 19 heavy (non-hydrogen) atoms. The minimum Gasteiger partial charge on any atom is -0.463 e. The molecule has 0 spiro atoms. The van der Waals surface area contributed by atoms with Crippen molar-refractivity contribution in [1.82, 2.24) is 9.97 Å². The molecule has 6 heteroatoms. The van der Waals surface area contributed by atoms with Crippen LogP contribution in [0.5, 0.6) is 0 Å². The van der Waals surface area contributed by atoms with Crippen LogP contribution in [0.3, 0.4) is 0 Å². The molecule has 1 aromatic heterocycles. The molecule has 104 valence electrons. The second-order valence-corrected chi connectivity index (χ2v) is 4.60. The van der Waals surface area contributed by atoms with E-state index < -0.39 is 5.97 Å². The third kappa shape index (κ3) is 3.41. The molecule has 0 aromatic carbocycles. The van der Waals surface area contributed by atoms with Gasteiger partial charge in [0.15, 0.2) is 0 Å². The summed E-state index contributed by atoms with van der Waals surface area (Å²) in [6.07, 6.45) is 2.26. The maximum absolute atomic E-state index is 11.4. The monoisotopic (exact) mass is 265 g/mol. The van der Waals surface area contributed by atoms with Crippen molar-refractivity contribution in [1.29, 1.82) is 0 Å². The zero-order valence-electron chi connectivity index (χ0n) is 11.5. The summed E-state index contributed by atoms with van der Waals surface area (Å²) in [5, 5.41) is 3.29. The first-order chi connectivity index (χ1) is 9.12. The minimum absolute atomic E-state index is 0.0886. The lowest BCUT2D eigenvalue weighted by atomic mass is 9.89. The highest BCUT2D eigenvalue weighted by atomic mass is 16.5. The van der Waals surface area contributed by atoms with Gasteiger partial charge in [-0.3, -0.25) is 0 Å². The maximum atomic E-state index is 11.4. The van der Waals surface area contributed by atoms with Gasteiger partial charge in [0.2, 0.25) is 5.82 Å². The highest BCUT2D eigenvalue weighted by Gasteiger charge is 2.29. The number of rotatable bonds is 5. The smallest absolute Gasteiger partial charge is 0.376 e. The summed E-state index contributed by atoms with van der Waals surface area (Å²) in [6.45, 7) is 4.57. The topological polar surface area (TPSA) is 73.3 Å². The molecule has 0 amide bonds. The fraction of sp³-hybridized carbons (Fsp3) is 0.615. The van der Waals surface area contributed by atoms with E-state index in [-0.39, 0.29) is 5.82 Å². The number of ether oxygens (including phenoxy) is 2. The average molecular weight is 265 g/mol. The van der Waals surface area contributed by atoms with Crippen LogP contribution in [0.15, 0.2) is 6.07 Å². The number of methoxy groups -OCH3 is 1. The summed E-state index contributed by atoms with van der Waals surface area (Å²) in [7, 11) is 1.32. The Morgan fingerprint density at radius 3 is 2.84 bits per heavy atom. The molecule has 1 aliphatic rings. The van der Waals surface area contributed by atoms with Crippen molar-refractivity contribution >= 4 is 11.8 Å². The molecule has 2 rings (SSSR count). The third-order valence-electron chi connectivity index (χ3n) is 3.07. The standard InChI is InChI=1S/C13H19N3O3/c1-4-19-10-6-9(7-10)15-11-5-8(2)14-12(16-11)13(17)18-3/h5,9-10H,4,6-7H2,1-3H3,(H,14,15,16). The van der Waals surface area contributed by atoms with Crippen LogP contribution in [0.2, 0.25) is 0 Å². The Morgan fingerprint density at radius 1 is 1.47 bits per heavy atom. The predicted molar refractivity (Wildman–Crippen MR) is 70.2 cm³/mol. The summed E-state index contributed by atoms with van der Waals surface area (Å²) >= 11 is 0. The Morgan fingerprint density at radius 2 is 2.21 bits per heavy atom. The van der Waals surface area contributed by atoms with E-state index in [0.29, 0.717) is 18.0 Å². The van der Waals surface area contributed by atoms with E-state index in [0.717, 1.165) is 25.1 Å². The van der Waals surface area contributed by atoms with Gasteiger partial charge in [-0.1, -0.05) is 0 Å². The average Bonchev–Trinajstić information content (AvgIpc) is 2.34. The maximum Gasteiger partial charge on any atom is 0.376 e. The van der Waals surface area contributed by atoms with Gasteiger partial charge in [-0.15, -0.1) is 0 Å². The van der Waals surface area contributed by atoms with Crippen LogP contribution >= 0.6 is 0 Å². The van der Waals surface area contributed by atoms with E-state index >= 15 is 0 Å². The summed E-state index contributed by atoms with van der Waals surface area (Å²) < 4.78 is 10.1. The van der Waals surface area contributed by atoms with E-state index in [1.54, 1.807) is 0 Å². The Bertz CT molecular complexity index is 458. The van der Waals surface area contributed by atoms with Gasteiger partial charge in [-0.25, -0.2) is 14.8 Å². The number of carbonyl (C=O) groups excluding carboxylic acids is 1. The zero-order chi connectivity index (χ0) is 13.8. The van der Waals surface area contributed by atoms with Crippen molar-refractivity contribution in [2.75, 3.05) is 19.0 Å². The second-order valence-electron chi connectivity index (χ2n) is 4.60. The number of nitrogens with zero attached hydrogens (tertiary/aromatic N) is 2. The van der Waals surface area contributed by atoms with E-state index in [1.165, 1.54) is 7.11 Å². The summed E-state index contributed by atoms with van der Waals surface area (Å²) in [6, 6.07) is 2.16. The van der Waals surface area contributed by atoms with E-state index in [4.69, 9.17) is 4.74 Å². The number of hydrogen-bond donors (Lipinski definition) is 1. The Balaban J connectivity index is 1.97. The molecule has 1 aromatic rings. The third-order valence-corrected chi connectivity index (χ3v) is 3.07. The molecule has 1 heterocycles. The van der Waals surface area contributed by atoms with E-state index in [2.05, 4.69) is 20.0 Å². The van der Waals surface area contributed by atoms with Crippen molar-refractivity contribution in [3.05, 3.63) is 17.6 Å². The number of esters is 1. The van der Waals surface area contributed by atoms with Gasteiger partial charge in [0.1, 0.15) is 5.82 Å². The highest BCUT2D eigenvalue weighted by molar-refractivity contribution is 5.85. The van der Waals surface area contributed by atoms with Gasteiger partial charge < -0.3 is 14.8 Å². The van der Waals surface area contributed by atoms with Crippen LogP contribution in [-0.2, 0) is 9.47 Å². The number of anilines is 1. The molecule has 0 unspecified atom stereocenters. The molecule has 0 atom stereocenters. The van der Waals surface area contributed by atoms with Gasteiger partial charge in [0.25, 0.3) is 0 Å². The minimum atomic E-state index is -0.521. The Labute approximate surface area is 112 Å². The van der Waals surface area contributed by atoms with Crippen molar-refractivity contribution in [3.8, 4) is 0 Å². The normalized spacial score (nSPS) is 21.6. The summed E-state index contributed by atoms with van der Waals surface area (Å²) in [5.41, 5.74) is 0.735. The summed E-state index contributed by atoms with van der Waals surface area (Å²) in [5.74, 6) is 0.228. The quantitative estimate of drug-likeness (QED) is 0.814. The first kappa shape index (κ1) is 13.7. The zero-order valence-corrected chi connectivity index (χ0v) is 11.5. The predicted octanol–water partition coefficient (Wildman–Crippen LogP) is 1.55. The lowest BCUT2D eigenvalue weighted by Crippen LogP contribution is -2.41. The van der Waals surface area contributed by atoms with Gasteiger partial charge in [0.05, 0.1) is 13.2 Å². The van der Waals surface area contributed by atoms with Gasteiger partial charge in [0, 0.05) is 24.4 Å². The number of nitrogens with one attached hydrogen (secondary N) is 1. The first-order valence-corrected chi connectivity index (χ1v) is 6.44. The number of carbonyl (C=O) groups is 1. The van der Waals surface area contributed by atoms with E-state index in [1.807, 2.05) is 19.9 Å². The number of hydrogen-bond acceptors (Lipinski definition) is 6. The number of aryl methyl sites for hydroxylation is 1. The van der Waals surface area contributed by atoms with Crippen LogP contribution in [0.1, 0.15) is 36.1 Å². The largest absolute Gasteiger partial charge is 0.463 e. The molecular formula is C13H19N3O3. The van der Waals surface area contributed by atoms with Crippen molar-refractivity contribution in [2.24, 2.45) is 0 Å². The molecule has 1 aliphatic carbocycles. The molecule has 6 nitrogen and oxygen atoms in total. The summed E-state index contributed by atoms with van der Waals surface area (Å²) in [4.78, 5) is 19.6. The highest BCUT2D eigenvalue weighted by Crippen LogP contribution is 2.26. The molecule has 0 aliphatic heterocycles. The molecule has 1 fully saturated rings. The number of aromatic nitrogens is 2. The first-order valence-electron chi connectivity index (χ1n) is 6.44. The van der Waals surface area contributed by atoms with Crippen LogP contribution < -0.4 is 5.32 Å². The Kier molecular flexibility index (Phi) is 4.31. The molecule has 1 saturated carbocycles. The van der Waals surface area contributed by atoms with E-state index in [9.17, 15) is 4.79 Å². The van der Waals surface area contributed by atoms with Crippen molar-refractivity contribution in [2.45, 2.75) is 38.8 Å². The second kappa shape index (κ2) is 5.97. The molecule has 1 N–H and O–H groups in total. The fourth-order valence-corrected chi connectivity index (χ4v) is 2.09. The lowest BCUT2D eigenvalue weighted by molar-refractivity contribution is 0.00290. The van der Waals surface area contributed by atoms with Crippen LogP contribution in [0, 0.1) is 6.92 Å². The molecule has 0 saturated heterocycles. The van der Waals surface area contributed by atoms with Gasteiger partial charge in [-0.05, 0) is 26.7 Å². The SMILES string of the molecule is CCOC1CC(Nc2cc(C)nc(C(=O)OC)n2)C1. The van der Waals surface area contributed by atoms with Crippen LogP contribution in [0.25, 0.3) is 0 Å². The van der Waals surface area contributed by atoms with Crippen LogP contribution in [0.4, 0.5) is 5.82 Å².